The quantitative estimate of drug-likeness (QED) is 0.738. The van der Waals surface area contributed by atoms with Gasteiger partial charge in [0.2, 0.25) is 10.0 Å². The molecular formula is C9H9BrN2O6S. The predicted molar refractivity (Wildman–Crippen MR) is 66.0 cm³/mol. The van der Waals surface area contributed by atoms with Gasteiger partial charge in [0.05, 0.1) is 0 Å². The van der Waals surface area contributed by atoms with Gasteiger partial charge < -0.3 is 10.2 Å². The topological polar surface area (TPSA) is 125 Å². The van der Waals surface area contributed by atoms with Gasteiger partial charge in [0, 0.05) is 16.9 Å². The molecule has 2 N–H and O–H groups in total. The maximum atomic E-state index is 12.1. The predicted octanol–water partition coefficient (Wildman–Crippen LogP) is 0.00400. The van der Waals surface area contributed by atoms with Gasteiger partial charge in [0.1, 0.15) is 18.0 Å². The number of carboxylic acids is 2. The average Bonchev–Trinajstić information content (AvgIpc) is 2.26. The van der Waals surface area contributed by atoms with Gasteiger partial charge in [-0.25, -0.2) is 8.42 Å². The number of aromatic nitrogens is 1. The number of carbonyl (C=O) groups is 2. The molecule has 8 nitrogen and oxygen atoms in total. The van der Waals surface area contributed by atoms with Gasteiger partial charge in [-0.3, -0.25) is 14.6 Å². The molecule has 0 amide bonds. The van der Waals surface area contributed by atoms with Gasteiger partial charge in [-0.1, -0.05) is 0 Å². The fourth-order valence-electron chi connectivity index (χ4n) is 1.21. The second-order valence-corrected chi connectivity index (χ2v) is 6.25. The zero-order valence-corrected chi connectivity index (χ0v) is 11.8. The summed E-state index contributed by atoms with van der Waals surface area (Å²) in [5.41, 5.74) is 0. The third-order valence-electron chi connectivity index (χ3n) is 1.94. The first-order valence-corrected chi connectivity index (χ1v) is 7.01. The van der Waals surface area contributed by atoms with Crippen LogP contribution in [0, 0.1) is 0 Å². The van der Waals surface area contributed by atoms with Crippen LogP contribution in [0.1, 0.15) is 0 Å². The lowest BCUT2D eigenvalue weighted by Gasteiger charge is -2.18. The van der Waals surface area contributed by atoms with Crippen molar-refractivity contribution in [1.29, 1.82) is 0 Å². The van der Waals surface area contributed by atoms with Crippen LogP contribution in [0.4, 0.5) is 0 Å². The molecule has 0 bridgehead atoms. The number of halogens is 1. The van der Waals surface area contributed by atoms with Gasteiger partial charge in [-0.15, -0.1) is 0 Å². The summed E-state index contributed by atoms with van der Waals surface area (Å²) >= 11 is 3.03. The van der Waals surface area contributed by atoms with Crippen LogP contribution >= 0.6 is 15.9 Å². The molecule has 10 heteroatoms. The first kappa shape index (κ1) is 15.5. The molecule has 0 aromatic carbocycles. The van der Waals surface area contributed by atoms with Crippen LogP contribution in [0.2, 0.25) is 0 Å². The number of hydrogen-bond acceptors (Lipinski definition) is 5. The largest absolute Gasteiger partial charge is 0.480 e. The number of carboxylic acid groups (broad SMARTS) is 2. The van der Waals surface area contributed by atoms with Crippen LogP contribution in [-0.4, -0.2) is 52.9 Å². The molecule has 0 atom stereocenters. The molecule has 0 radical (unpaired) electrons. The SMILES string of the molecule is O=C(O)CN(CC(=O)O)S(=O)(=O)c1cncc(Br)c1. The first-order chi connectivity index (χ1) is 8.73. The Bertz CT molecular complexity index is 586. The molecule has 1 rings (SSSR count). The number of sulfonamides is 1. The maximum Gasteiger partial charge on any atom is 0.318 e. The molecule has 0 aliphatic heterocycles. The Morgan fingerprint density at radius 1 is 1.21 bits per heavy atom. The van der Waals surface area contributed by atoms with E-state index in [9.17, 15) is 18.0 Å². The molecule has 1 aromatic rings. The van der Waals surface area contributed by atoms with E-state index in [0.717, 1.165) is 6.20 Å². The van der Waals surface area contributed by atoms with Crippen molar-refractivity contribution in [3.05, 3.63) is 22.9 Å². The summed E-state index contributed by atoms with van der Waals surface area (Å²) in [6.07, 6.45) is 2.36. The monoisotopic (exact) mass is 352 g/mol. The molecule has 104 valence electrons. The average molecular weight is 353 g/mol. The van der Waals surface area contributed by atoms with Gasteiger partial charge in [-0.2, -0.15) is 4.31 Å². The number of nitrogens with zero attached hydrogens (tertiary/aromatic N) is 2. The van der Waals surface area contributed by atoms with Gasteiger partial charge >= 0.3 is 11.9 Å². The number of hydrogen-bond donors (Lipinski definition) is 2. The highest BCUT2D eigenvalue weighted by Gasteiger charge is 2.28. The van der Waals surface area contributed by atoms with Gasteiger partial charge in [0.25, 0.3) is 0 Å². The molecule has 0 saturated heterocycles. The number of aliphatic carboxylic acids is 2. The third-order valence-corrected chi connectivity index (χ3v) is 4.13. The molecular weight excluding hydrogens is 344 g/mol. The Kier molecular flexibility index (Phi) is 4.97. The van der Waals surface area contributed by atoms with Crippen LogP contribution in [-0.2, 0) is 19.6 Å². The summed E-state index contributed by atoms with van der Waals surface area (Å²) in [6.45, 7) is -1.89. The van der Waals surface area contributed by atoms with E-state index in [1.165, 1.54) is 12.3 Å². The fraction of sp³-hybridized carbons (Fsp3) is 0.222. The van der Waals surface area contributed by atoms with Crippen molar-refractivity contribution >= 4 is 37.9 Å². The van der Waals surface area contributed by atoms with Crippen LogP contribution < -0.4 is 0 Å². The minimum absolute atomic E-state index is 0.288. The van der Waals surface area contributed by atoms with E-state index in [2.05, 4.69) is 20.9 Å². The van der Waals surface area contributed by atoms with E-state index in [-0.39, 0.29) is 4.90 Å². The van der Waals surface area contributed by atoms with Crippen molar-refractivity contribution in [1.82, 2.24) is 9.29 Å². The summed E-state index contributed by atoms with van der Waals surface area (Å²) in [4.78, 5) is 24.6. The highest BCUT2D eigenvalue weighted by atomic mass is 79.9. The van der Waals surface area contributed by atoms with Gasteiger partial charge in [0.15, 0.2) is 0 Å². The van der Waals surface area contributed by atoms with Crippen molar-refractivity contribution in [3.8, 4) is 0 Å². The summed E-state index contributed by atoms with van der Waals surface area (Å²) in [5, 5.41) is 17.3. The van der Waals surface area contributed by atoms with Crippen LogP contribution in [0.25, 0.3) is 0 Å². The van der Waals surface area contributed by atoms with Crippen LogP contribution in [0.5, 0.6) is 0 Å². The lowest BCUT2D eigenvalue weighted by molar-refractivity contribution is -0.139. The van der Waals surface area contributed by atoms with Crippen molar-refractivity contribution in [2.45, 2.75) is 4.90 Å². The number of rotatable bonds is 6. The minimum Gasteiger partial charge on any atom is -0.480 e. The molecule has 1 aromatic heterocycles. The summed E-state index contributed by atoms with van der Waals surface area (Å²) in [6, 6.07) is 1.21. The van der Waals surface area contributed by atoms with Crippen LogP contribution in [0.15, 0.2) is 27.8 Å². The zero-order valence-electron chi connectivity index (χ0n) is 9.35. The highest BCUT2D eigenvalue weighted by Crippen LogP contribution is 2.18. The molecule has 0 aliphatic rings. The van der Waals surface area contributed by atoms with E-state index < -0.39 is 35.1 Å². The maximum absolute atomic E-state index is 12.1. The smallest absolute Gasteiger partial charge is 0.318 e. The van der Waals surface area contributed by atoms with E-state index in [4.69, 9.17) is 10.2 Å². The van der Waals surface area contributed by atoms with Crippen molar-refractivity contribution in [2.24, 2.45) is 0 Å². The summed E-state index contributed by atoms with van der Waals surface area (Å²) in [5.74, 6) is -2.90. The Balaban J connectivity index is 3.18. The van der Waals surface area contributed by atoms with E-state index in [1.807, 2.05) is 0 Å². The Labute approximate surface area is 116 Å². The second-order valence-electron chi connectivity index (χ2n) is 3.40. The highest BCUT2D eigenvalue weighted by molar-refractivity contribution is 9.10. The van der Waals surface area contributed by atoms with E-state index in [0.29, 0.717) is 8.78 Å². The van der Waals surface area contributed by atoms with Crippen molar-refractivity contribution < 1.29 is 28.2 Å². The molecule has 1 heterocycles. The second kappa shape index (κ2) is 6.08. The fourth-order valence-corrected chi connectivity index (χ4v) is 3.06. The molecule has 0 unspecified atom stereocenters. The van der Waals surface area contributed by atoms with Crippen molar-refractivity contribution in [2.75, 3.05) is 13.1 Å². The molecule has 19 heavy (non-hydrogen) atoms. The normalized spacial score (nSPS) is 11.5. The minimum atomic E-state index is -4.23. The van der Waals surface area contributed by atoms with E-state index >= 15 is 0 Å². The Morgan fingerprint density at radius 2 is 1.74 bits per heavy atom. The lowest BCUT2D eigenvalue weighted by Crippen LogP contribution is -2.39. The molecule has 0 spiro atoms. The summed E-state index contributed by atoms with van der Waals surface area (Å²) < 4.78 is 24.9. The van der Waals surface area contributed by atoms with Crippen molar-refractivity contribution in [3.63, 3.8) is 0 Å². The molecule has 0 aliphatic carbocycles. The lowest BCUT2D eigenvalue weighted by atomic mass is 10.5. The number of pyridine rings is 1. The molecule has 0 fully saturated rings. The standard InChI is InChI=1S/C9H9BrN2O6S/c10-6-1-7(3-11-2-6)19(17,18)12(4-8(13)14)5-9(15)16/h1-3H,4-5H2,(H,13,14)(H,15,16). The van der Waals surface area contributed by atoms with E-state index in [1.54, 1.807) is 0 Å². The Morgan fingerprint density at radius 3 is 2.16 bits per heavy atom. The molecule has 0 saturated carbocycles. The Hall–Kier alpha value is -1.52. The van der Waals surface area contributed by atoms with Gasteiger partial charge in [-0.05, 0) is 22.0 Å². The zero-order chi connectivity index (χ0) is 14.6. The third kappa shape index (κ3) is 4.26. The summed E-state index contributed by atoms with van der Waals surface area (Å²) in [7, 11) is -4.23. The van der Waals surface area contributed by atoms with Crippen LogP contribution in [0.3, 0.4) is 0 Å². The first-order valence-electron chi connectivity index (χ1n) is 4.78.